The molecule has 0 fully saturated rings. The molecule has 0 aliphatic rings. The van der Waals surface area contributed by atoms with Gasteiger partial charge in [-0.3, -0.25) is 0 Å². The third kappa shape index (κ3) is 2.21. The maximum Gasteiger partial charge on any atom is 0.438 e. The summed E-state index contributed by atoms with van der Waals surface area (Å²) in [5.74, 6) is 0.477. The highest BCUT2D eigenvalue weighted by Gasteiger charge is 1.97. The van der Waals surface area contributed by atoms with Crippen LogP contribution in [0.2, 0.25) is 0 Å². The molecular weight excluding hydrogens is 142 g/mol. The van der Waals surface area contributed by atoms with Crippen molar-refractivity contribution >= 4 is 12.8 Å². The lowest BCUT2D eigenvalue weighted by Crippen LogP contribution is -2.00. The van der Waals surface area contributed by atoms with Gasteiger partial charge >= 0.3 is 6.09 Å². The molecule has 0 heterocycles. The first-order chi connectivity index (χ1) is 5.33. The molecule has 1 aromatic rings. The van der Waals surface area contributed by atoms with Gasteiger partial charge in [-0.1, -0.05) is 18.2 Å². The van der Waals surface area contributed by atoms with Gasteiger partial charge in [-0.2, -0.15) is 4.99 Å². The monoisotopic (exact) mass is 149 g/mol. The second-order valence-corrected chi connectivity index (χ2v) is 1.84. The fourth-order valence-corrected chi connectivity index (χ4v) is 0.622. The topological polar surface area (TPSA) is 38.7 Å². The summed E-state index contributed by atoms with van der Waals surface area (Å²) < 4.78 is 4.70. The molecule has 0 unspecified atom stereocenters. The van der Waals surface area contributed by atoms with Crippen molar-refractivity contribution in [3.05, 3.63) is 30.3 Å². The Morgan fingerprint density at radius 2 is 2.00 bits per heavy atom. The van der Waals surface area contributed by atoms with Crippen molar-refractivity contribution in [2.75, 3.05) is 0 Å². The fraction of sp³-hybridized carbons (Fsp3) is 0. The Kier molecular flexibility index (Phi) is 2.38. The molecule has 0 saturated heterocycles. The number of amides is 1. The molecule has 1 rings (SSSR count). The molecule has 0 aromatic heterocycles. The van der Waals surface area contributed by atoms with E-state index < -0.39 is 6.09 Å². The zero-order valence-electron chi connectivity index (χ0n) is 5.86. The molecule has 0 saturated carbocycles. The number of hydrogen-bond acceptors (Lipinski definition) is 2. The molecule has 0 aliphatic heterocycles. The van der Waals surface area contributed by atoms with Gasteiger partial charge in [0.15, 0.2) is 0 Å². The number of carbonyl (C=O) groups is 1. The van der Waals surface area contributed by atoms with E-state index in [0.29, 0.717) is 5.75 Å². The summed E-state index contributed by atoms with van der Waals surface area (Å²) in [4.78, 5) is 13.6. The highest BCUT2D eigenvalue weighted by Crippen LogP contribution is 2.08. The number of rotatable bonds is 1. The predicted octanol–water partition coefficient (Wildman–Crippen LogP) is 1.89. The molecule has 1 aromatic carbocycles. The highest BCUT2D eigenvalue weighted by atomic mass is 16.5. The van der Waals surface area contributed by atoms with Crippen molar-refractivity contribution in [1.82, 2.24) is 0 Å². The summed E-state index contributed by atoms with van der Waals surface area (Å²) >= 11 is 0. The predicted molar refractivity (Wildman–Crippen MR) is 42.0 cm³/mol. The van der Waals surface area contributed by atoms with E-state index in [9.17, 15) is 4.79 Å². The van der Waals surface area contributed by atoms with Gasteiger partial charge in [0.25, 0.3) is 0 Å². The smallest absolute Gasteiger partial charge is 0.409 e. The van der Waals surface area contributed by atoms with Crippen LogP contribution in [0.3, 0.4) is 0 Å². The van der Waals surface area contributed by atoms with Crippen LogP contribution in [0, 0.1) is 0 Å². The Balaban J connectivity index is 2.65. The average molecular weight is 149 g/mol. The molecule has 0 bridgehead atoms. The number of carbonyl (C=O) groups excluding carboxylic acids is 1. The second kappa shape index (κ2) is 3.51. The van der Waals surface area contributed by atoms with E-state index in [1.54, 1.807) is 24.3 Å². The summed E-state index contributed by atoms with van der Waals surface area (Å²) in [6.07, 6.45) is -0.684. The maximum atomic E-state index is 10.5. The van der Waals surface area contributed by atoms with Crippen LogP contribution in [0.4, 0.5) is 4.79 Å². The van der Waals surface area contributed by atoms with Crippen molar-refractivity contribution in [1.29, 1.82) is 0 Å². The Bertz CT molecular complexity index is 256. The molecule has 0 atom stereocenters. The Labute approximate surface area is 64.3 Å². The van der Waals surface area contributed by atoms with Crippen LogP contribution in [0.5, 0.6) is 5.75 Å². The number of nitrogens with zero attached hydrogens (tertiary/aromatic N) is 1. The molecule has 56 valence electrons. The van der Waals surface area contributed by atoms with E-state index >= 15 is 0 Å². The van der Waals surface area contributed by atoms with E-state index in [4.69, 9.17) is 4.74 Å². The first kappa shape index (κ1) is 7.47. The van der Waals surface area contributed by atoms with Crippen LogP contribution < -0.4 is 4.74 Å². The maximum absolute atomic E-state index is 10.5. The highest BCUT2D eigenvalue weighted by molar-refractivity contribution is 5.75. The third-order valence-electron chi connectivity index (χ3n) is 1.08. The molecule has 11 heavy (non-hydrogen) atoms. The van der Waals surface area contributed by atoms with Crippen LogP contribution in [0.15, 0.2) is 35.3 Å². The first-order valence-corrected chi connectivity index (χ1v) is 3.06. The minimum Gasteiger partial charge on any atom is -0.409 e. The Morgan fingerprint density at radius 3 is 2.55 bits per heavy atom. The first-order valence-electron chi connectivity index (χ1n) is 3.06. The number of aliphatic imine (C=N–C) groups is 1. The van der Waals surface area contributed by atoms with E-state index in [1.807, 2.05) is 6.07 Å². The minimum absolute atomic E-state index is 0.477. The van der Waals surface area contributed by atoms with Gasteiger partial charge in [-0.15, -0.1) is 0 Å². The standard InChI is InChI=1S/C8H7NO2/c1-9-8(10)11-7-5-3-2-4-6-7/h2-6H,1H2. The Hall–Kier alpha value is -1.64. The lowest BCUT2D eigenvalue weighted by Gasteiger charge is -1.97. The molecule has 0 radical (unpaired) electrons. The molecular formula is C8H7NO2. The van der Waals surface area contributed by atoms with Crippen molar-refractivity contribution in [3.8, 4) is 5.75 Å². The van der Waals surface area contributed by atoms with Crippen LogP contribution in [0.25, 0.3) is 0 Å². The van der Waals surface area contributed by atoms with Crippen LogP contribution >= 0.6 is 0 Å². The van der Waals surface area contributed by atoms with Gasteiger partial charge in [0.05, 0.1) is 0 Å². The summed E-state index contributed by atoms with van der Waals surface area (Å²) in [5, 5.41) is 0. The van der Waals surface area contributed by atoms with Crippen LogP contribution in [-0.2, 0) is 0 Å². The average Bonchev–Trinajstić information content (AvgIpc) is 2.06. The van der Waals surface area contributed by atoms with Gasteiger partial charge in [-0.05, 0) is 18.9 Å². The number of hydrogen-bond donors (Lipinski definition) is 0. The summed E-state index contributed by atoms with van der Waals surface area (Å²) in [6.45, 7) is 3.03. The van der Waals surface area contributed by atoms with Crippen molar-refractivity contribution < 1.29 is 9.53 Å². The lowest BCUT2D eigenvalue weighted by molar-refractivity contribution is 0.211. The van der Waals surface area contributed by atoms with Gasteiger partial charge < -0.3 is 4.74 Å². The van der Waals surface area contributed by atoms with E-state index in [-0.39, 0.29) is 0 Å². The molecule has 0 spiro atoms. The van der Waals surface area contributed by atoms with Gasteiger partial charge in [0.1, 0.15) is 5.75 Å². The normalized spacial score (nSPS) is 8.73. The summed E-state index contributed by atoms with van der Waals surface area (Å²) in [5.41, 5.74) is 0. The van der Waals surface area contributed by atoms with Crippen molar-refractivity contribution in [2.45, 2.75) is 0 Å². The molecule has 3 heteroatoms. The number of para-hydroxylation sites is 1. The van der Waals surface area contributed by atoms with E-state index in [2.05, 4.69) is 11.7 Å². The van der Waals surface area contributed by atoms with Crippen molar-refractivity contribution in [2.24, 2.45) is 4.99 Å². The lowest BCUT2D eigenvalue weighted by atomic mass is 10.3. The van der Waals surface area contributed by atoms with E-state index in [1.165, 1.54) is 0 Å². The zero-order chi connectivity index (χ0) is 8.10. The molecule has 0 N–H and O–H groups in total. The molecule has 1 amide bonds. The van der Waals surface area contributed by atoms with E-state index in [0.717, 1.165) is 0 Å². The second-order valence-electron chi connectivity index (χ2n) is 1.84. The minimum atomic E-state index is -0.684. The van der Waals surface area contributed by atoms with Crippen LogP contribution in [-0.4, -0.2) is 12.8 Å². The number of benzene rings is 1. The quantitative estimate of drug-likeness (QED) is 0.572. The zero-order valence-corrected chi connectivity index (χ0v) is 5.86. The Morgan fingerprint density at radius 1 is 1.36 bits per heavy atom. The van der Waals surface area contributed by atoms with Gasteiger partial charge in [0.2, 0.25) is 0 Å². The number of ether oxygens (including phenoxy) is 1. The summed E-state index contributed by atoms with van der Waals surface area (Å²) in [7, 11) is 0. The molecule has 0 aliphatic carbocycles. The van der Waals surface area contributed by atoms with Gasteiger partial charge in [0, 0.05) is 0 Å². The van der Waals surface area contributed by atoms with Crippen molar-refractivity contribution in [3.63, 3.8) is 0 Å². The fourth-order valence-electron chi connectivity index (χ4n) is 0.622. The largest absolute Gasteiger partial charge is 0.438 e. The van der Waals surface area contributed by atoms with Gasteiger partial charge in [-0.25, -0.2) is 4.79 Å². The summed E-state index contributed by atoms with van der Waals surface area (Å²) in [6, 6.07) is 8.71. The third-order valence-corrected chi connectivity index (χ3v) is 1.08. The SMILES string of the molecule is C=NC(=O)Oc1ccccc1. The van der Waals surface area contributed by atoms with Crippen LogP contribution in [0.1, 0.15) is 0 Å². The molecule has 3 nitrogen and oxygen atoms in total.